The van der Waals surface area contributed by atoms with Gasteiger partial charge in [0.05, 0.1) is 10.8 Å². The van der Waals surface area contributed by atoms with Crippen molar-refractivity contribution in [2.45, 2.75) is 10.8 Å². The molecule has 0 saturated heterocycles. The van der Waals surface area contributed by atoms with Gasteiger partial charge in [-0.2, -0.15) is 0 Å². The van der Waals surface area contributed by atoms with Crippen molar-refractivity contribution < 1.29 is 4.74 Å². The molecule has 1 nitrogen and oxygen atoms in total. The SMILES string of the molecule is c1ccc(C2(c3ccccc3)c3ccccc3Oc3ccc(-c4cccc5c4C(c4ccccc4)(c4ccccc4)c4ccccc4-5)cc32)cc1. The minimum atomic E-state index is -0.598. The van der Waals surface area contributed by atoms with Crippen LogP contribution < -0.4 is 4.74 Å². The van der Waals surface area contributed by atoms with Gasteiger partial charge in [-0.05, 0) is 73.8 Å². The van der Waals surface area contributed by atoms with Crippen LogP contribution in [0.15, 0.2) is 206 Å². The first-order valence-electron chi connectivity index (χ1n) is 17.7. The van der Waals surface area contributed by atoms with Gasteiger partial charge < -0.3 is 4.74 Å². The van der Waals surface area contributed by atoms with E-state index < -0.39 is 10.8 Å². The minimum Gasteiger partial charge on any atom is -0.457 e. The zero-order valence-electron chi connectivity index (χ0n) is 28.0. The fourth-order valence-electron chi connectivity index (χ4n) is 9.12. The Morgan fingerprint density at radius 2 is 0.745 bits per heavy atom. The van der Waals surface area contributed by atoms with Gasteiger partial charge in [0, 0.05) is 11.1 Å². The van der Waals surface area contributed by atoms with Crippen LogP contribution in [0.25, 0.3) is 22.3 Å². The van der Waals surface area contributed by atoms with Gasteiger partial charge in [0.1, 0.15) is 11.5 Å². The van der Waals surface area contributed by atoms with Crippen LogP contribution in [-0.2, 0) is 10.8 Å². The van der Waals surface area contributed by atoms with Gasteiger partial charge in [0.2, 0.25) is 0 Å². The predicted octanol–water partition coefficient (Wildman–Crippen LogP) is 12.2. The second kappa shape index (κ2) is 11.6. The zero-order valence-corrected chi connectivity index (χ0v) is 28.0. The smallest absolute Gasteiger partial charge is 0.132 e. The minimum absolute atomic E-state index is 0.514. The molecule has 0 N–H and O–H groups in total. The summed E-state index contributed by atoms with van der Waals surface area (Å²) < 4.78 is 6.79. The fraction of sp³-hybridized carbons (Fsp3) is 0.0400. The highest BCUT2D eigenvalue weighted by molar-refractivity contribution is 5.93. The van der Waals surface area contributed by atoms with E-state index in [2.05, 4.69) is 206 Å². The molecule has 0 atom stereocenters. The first-order chi connectivity index (χ1) is 25.3. The molecule has 0 radical (unpaired) electrons. The summed E-state index contributed by atoms with van der Waals surface area (Å²) in [7, 11) is 0. The van der Waals surface area contributed by atoms with E-state index in [4.69, 9.17) is 4.74 Å². The van der Waals surface area contributed by atoms with Crippen LogP contribution in [0, 0.1) is 0 Å². The lowest BCUT2D eigenvalue weighted by atomic mass is 9.63. The van der Waals surface area contributed by atoms with Gasteiger partial charge in [-0.1, -0.05) is 188 Å². The average Bonchev–Trinajstić information content (AvgIpc) is 3.52. The maximum Gasteiger partial charge on any atom is 0.132 e. The van der Waals surface area contributed by atoms with E-state index in [1.807, 2.05) is 0 Å². The van der Waals surface area contributed by atoms with Crippen LogP contribution in [0.5, 0.6) is 11.5 Å². The molecule has 8 aromatic carbocycles. The topological polar surface area (TPSA) is 9.23 Å². The molecule has 240 valence electrons. The fourth-order valence-corrected chi connectivity index (χ4v) is 9.12. The number of rotatable bonds is 5. The van der Waals surface area contributed by atoms with Gasteiger partial charge in [-0.25, -0.2) is 0 Å². The van der Waals surface area contributed by atoms with Crippen molar-refractivity contribution in [3.05, 3.63) is 251 Å². The van der Waals surface area contributed by atoms with Crippen LogP contribution >= 0.6 is 0 Å². The van der Waals surface area contributed by atoms with E-state index in [0.717, 1.165) is 28.2 Å². The van der Waals surface area contributed by atoms with Crippen molar-refractivity contribution in [3.8, 4) is 33.8 Å². The maximum atomic E-state index is 6.79. The number of hydrogen-bond donors (Lipinski definition) is 0. The van der Waals surface area contributed by atoms with Gasteiger partial charge in [-0.15, -0.1) is 0 Å². The molecule has 0 amide bonds. The van der Waals surface area contributed by atoms with Crippen LogP contribution in [0.4, 0.5) is 0 Å². The standard InChI is InChI=1S/C50H34O/c1-5-18-36(19-6-1)49(37-20-7-2-8-21-37)44-30-15-16-31-46(44)51-47-33-32-35(34-45(47)49)40-27-17-28-42-41-26-13-14-29-43(41)50(48(40)42,38-22-9-3-10-23-38)39-24-11-4-12-25-39/h1-34H. The molecule has 1 heterocycles. The van der Waals surface area contributed by atoms with E-state index in [1.165, 1.54) is 50.1 Å². The summed E-state index contributed by atoms with van der Waals surface area (Å²) in [5, 5.41) is 0. The second-order valence-corrected chi connectivity index (χ2v) is 13.5. The van der Waals surface area contributed by atoms with Crippen LogP contribution in [0.1, 0.15) is 44.5 Å². The quantitative estimate of drug-likeness (QED) is 0.180. The highest BCUT2D eigenvalue weighted by Gasteiger charge is 2.49. The Balaban J connectivity index is 1.31. The summed E-state index contributed by atoms with van der Waals surface area (Å²) >= 11 is 0. The van der Waals surface area contributed by atoms with Crippen molar-refractivity contribution in [2.75, 3.05) is 0 Å². The molecule has 51 heavy (non-hydrogen) atoms. The summed E-state index contributed by atoms with van der Waals surface area (Å²) in [6.45, 7) is 0. The Morgan fingerprint density at radius 1 is 0.294 bits per heavy atom. The number of hydrogen-bond acceptors (Lipinski definition) is 1. The Bertz CT molecular complexity index is 2460. The lowest BCUT2D eigenvalue weighted by Gasteiger charge is -2.42. The van der Waals surface area contributed by atoms with Crippen LogP contribution in [0.2, 0.25) is 0 Å². The van der Waals surface area contributed by atoms with Crippen molar-refractivity contribution in [1.82, 2.24) is 0 Å². The molecule has 2 aliphatic rings. The molecule has 0 aromatic heterocycles. The normalized spacial score (nSPS) is 14.4. The van der Waals surface area contributed by atoms with Gasteiger partial charge in [0.25, 0.3) is 0 Å². The third kappa shape index (κ3) is 4.16. The summed E-state index contributed by atoms with van der Waals surface area (Å²) in [5.41, 5.74) is 13.6. The molecule has 10 rings (SSSR count). The molecule has 1 aliphatic heterocycles. The highest BCUT2D eigenvalue weighted by Crippen LogP contribution is 2.60. The molecular formula is C50H34O. The van der Waals surface area contributed by atoms with Gasteiger partial charge >= 0.3 is 0 Å². The van der Waals surface area contributed by atoms with E-state index in [1.54, 1.807) is 0 Å². The van der Waals surface area contributed by atoms with E-state index in [0.29, 0.717) is 0 Å². The van der Waals surface area contributed by atoms with Gasteiger partial charge in [-0.3, -0.25) is 0 Å². The molecule has 0 unspecified atom stereocenters. The number of para-hydroxylation sites is 1. The van der Waals surface area contributed by atoms with E-state index in [9.17, 15) is 0 Å². The van der Waals surface area contributed by atoms with Crippen LogP contribution in [-0.4, -0.2) is 0 Å². The Morgan fingerprint density at radius 3 is 1.35 bits per heavy atom. The third-order valence-electron chi connectivity index (χ3n) is 11.1. The third-order valence-corrected chi connectivity index (χ3v) is 11.1. The lowest BCUT2D eigenvalue weighted by Crippen LogP contribution is -2.34. The summed E-state index contributed by atoms with van der Waals surface area (Å²) in [6, 6.07) is 75.2. The maximum absolute atomic E-state index is 6.79. The van der Waals surface area contributed by atoms with Gasteiger partial charge in [0.15, 0.2) is 0 Å². The van der Waals surface area contributed by atoms with Crippen molar-refractivity contribution in [2.24, 2.45) is 0 Å². The Labute approximate surface area is 299 Å². The van der Waals surface area contributed by atoms with Crippen LogP contribution in [0.3, 0.4) is 0 Å². The van der Waals surface area contributed by atoms with Crippen molar-refractivity contribution >= 4 is 0 Å². The monoisotopic (exact) mass is 650 g/mol. The zero-order chi connectivity index (χ0) is 33.8. The molecule has 8 aromatic rings. The molecule has 1 heteroatoms. The van der Waals surface area contributed by atoms with Crippen molar-refractivity contribution in [3.63, 3.8) is 0 Å². The first-order valence-corrected chi connectivity index (χ1v) is 17.7. The number of fused-ring (bicyclic) bond motifs is 5. The number of benzene rings is 8. The summed E-state index contributed by atoms with van der Waals surface area (Å²) in [6.07, 6.45) is 0. The molecule has 1 aliphatic carbocycles. The molecule has 0 saturated carbocycles. The number of ether oxygens (including phenoxy) is 1. The lowest BCUT2D eigenvalue weighted by molar-refractivity contribution is 0.434. The predicted molar refractivity (Wildman–Crippen MR) is 208 cm³/mol. The van der Waals surface area contributed by atoms with E-state index >= 15 is 0 Å². The van der Waals surface area contributed by atoms with E-state index in [-0.39, 0.29) is 0 Å². The van der Waals surface area contributed by atoms with Crippen molar-refractivity contribution in [1.29, 1.82) is 0 Å². The Kier molecular flexibility index (Phi) is 6.69. The first kappa shape index (κ1) is 29.5. The average molecular weight is 651 g/mol. The molecule has 0 fully saturated rings. The highest BCUT2D eigenvalue weighted by atomic mass is 16.5. The molecule has 0 bridgehead atoms. The largest absolute Gasteiger partial charge is 0.457 e. The molecule has 0 spiro atoms. The summed E-state index contributed by atoms with van der Waals surface area (Å²) in [4.78, 5) is 0. The Hall–Kier alpha value is -6.44. The molecular weight excluding hydrogens is 617 g/mol. The second-order valence-electron chi connectivity index (χ2n) is 13.5. The summed E-state index contributed by atoms with van der Waals surface area (Å²) in [5.74, 6) is 1.76.